The molecule has 4 rings (SSSR count). The fraction of sp³-hybridized carbons (Fsp3) is 0.444. The van der Waals surface area contributed by atoms with Crippen LogP contribution >= 0.6 is 118 Å². The number of thioether (sulfide) groups is 10. The van der Waals surface area contributed by atoms with Gasteiger partial charge in [-0.2, -0.15) is 0 Å². The van der Waals surface area contributed by atoms with Crippen LogP contribution in [0.4, 0.5) is 0 Å². The normalized spacial score (nSPS) is 21.9. The predicted octanol–water partition coefficient (Wildman–Crippen LogP) is 11.0. The highest BCUT2D eigenvalue weighted by Crippen LogP contribution is 2.72. The zero-order valence-corrected chi connectivity index (χ0v) is 23.6. The number of unbranched alkanes of at least 4 members (excludes halogenated alkanes) is 2. The van der Waals surface area contributed by atoms with Crippen LogP contribution in [0, 0.1) is 0 Å². The molecule has 10 heteroatoms. The third kappa shape index (κ3) is 5.95. The van der Waals surface area contributed by atoms with Crippen molar-refractivity contribution in [2.24, 2.45) is 0 Å². The lowest BCUT2D eigenvalue weighted by Crippen LogP contribution is -1.80. The standard InChI is InChI=1S/C18H20S10/c1-3-5-7-19-12-13(20-8-6-4-2)24-15(23-12)16-27-17-18(28-16)26-14(25-17)11-21-9-10-22-11/h9-10H,3-8H2,1-2H3. The number of rotatable bonds is 8. The molecule has 0 nitrogen and oxygen atoms in total. The third-order valence-electron chi connectivity index (χ3n) is 3.65. The molecule has 4 heterocycles. The summed E-state index contributed by atoms with van der Waals surface area (Å²) < 4.78 is 12.1. The molecule has 4 aliphatic rings. The molecule has 0 saturated carbocycles. The molecule has 0 aromatic rings. The predicted molar refractivity (Wildman–Crippen MR) is 153 cm³/mol. The van der Waals surface area contributed by atoms with Crippen molar-refractivity contribution >= 4 is 118 Å². The van der Waals surface area contributed by atoms with Crippen molar-refractivity contribution in [1.82, 2.24) is 0 Å². The van der Waals surface area contributed by atoms with Crippen LogP contribution in [0.15, 0.2) is 44.7 Å². The number of hydrogen-bond donors (Lipinski definition) is 0. The first-order chi connectivity index (χ1) is 13.8. The Kier molecular flexibility index (Phi) is 9.92. The topological polar surface area (TPSA) is 0 Å². The second-order valence-electron chi connectivity index (χ2n) is 5.82. The molecule has 0 atom stereocenters. The van der Waals surface area contributed by atoms with Gasteiger partial charge in [0, 0.05) is 0 Å². The molecular weight excluding hydrogens is 537 g/mol. The summed E-state index contributed by atoms with van der Waals surface area (Å²) >= 11 is 19.9. The first-order valence-corrected chi connectivity index (χ1v) is 17.7. The lowest BCUT2D eigenvalue weighted by Gasteiger charge is -2.07. The minimum absolute atomic E-state index is 1.25. The van der Waals surface area contributed by atoms with Gasteiger partial charge in [0.05, 0.1) is 33.9 Å². The van der Waals surface area contributed by atoms with E-state index in [4.69, 9.17) is 0 Å². The van der Waals surface area contributed by atoms with Gasteiger partial charge in [0.1, 0.15) is 0 Å². The van der Waals surface area contributed by atoms with E-state index in [0.717, 1.165) is 0 Å². The summed E-state index contributed by atoms with van der Waals surface area (Å²) in [5.74, 6) is 2.50. The maximum atomic E-state index is 2.28. The Bertz CT molecular complexity index is 717. The molecule has 0 saturated heterocycles. The molecule has 0 aromatic carbocycles. The van der Waals surface area contributed by atoms with Crippen molar-refractivity contribution in [3.05, 3.63) is 44.7 Å². The Hall–Kier alpha value is 2.20. The van der Waals surface area contributed by atoms with Crippen LogP contribution in [-0.4, -0.2) is 11.5 Å². The fourth-order valence-corrected chi connectivity index (χ4v) is 17.2. The largest absolute Gasteiger partial charge is 0.117 e. The van der Waals surface area contributed by atoms with Gasteiger partial charge in [0.25, 0.3) is 0 Å². The van der Waals surface area contributed by atoms with Crippen LogP contribution in [-0.2, 0) is 0 Å². The molecule has 0 aliphatic carbocycles. The average Bonchev–Trinajstić information content (AvgIpc) is 3.45. The van der Waals surface area contributed by atoms with Crippen molar-refractivity contribution in [2.75, 3.05) is 11.5 Å². The van der Waals surface area contributed by atoms with E-state index in [0.29, 0.717) is 0 Å². The third-order valence-corrected chi connectivity index (χ3v) is 18.1. The van der Waals surface area contributed by atoms with Gasteiger partial charge in [-0.05, 0) is 35.2 Å². The number of hydrogen-bond acceptors (Lipinski definition) is 10. The summed E-state index contributed by atoms with van der Waals surface area (Å²) in [5.41, 5.74) is 0. The summed E-state index contributed by atoms with van der Waals surface area (Å²) in [7, 11) is 0. The van der Waals surface area contributed by atoms with E-state index >= 15 is 0 Å². The van der Waals surface area contributed by atoms with Crippen molar-refractivity contribution in [1.29, 1.82) is 0 Å². The van der Waals surface area contributed by atoms with Gasteiger partial charge in [-0.25, -0.2) is 0 Å². The van der Waals surface area contributed by atoms with Crippen molar-refractivity contribution in [3.63, 3.8) is 0 Å². The lowest BCUT2D eigenvalue weighted by atomic mass is 10.4. The van der Waals surface area contributed by atoms with Gasteiger partial charge in [-0.3, -0.25) is 0 Å². The Morgan fingerprint density at radius 2 is 0.964 bits per heavy atom. The van der Waals surface area contributed by atoms with Gasteiger partial charge in [0.15, 0.2) is 0 Å². The Morgan fingerprint density at radius 3 is 1.39 bits per heavy atom. The van der Waals surface area contributed by atoms with Gasteiger partial charge < -0.3 is 0 Å². The highest BCUT2D eigenvalue weighted by atomic mass is 32.3. The lowest BCUT2D eigenvalue weighted by molar-refractivity contribution is 0.897. The van der Waals surface area contributed by atoms with Crippen molar-refractivity contribution in [3.8, 4) is 0 Å². The quantitative estimate of drug-likeness (QED) is 0.263. The van der Waals surface area contributed by atoms with Crippen LogP contribution in [0.25, 0.3) is 0 Å². The van der Waals surface area contributed by atoms with E-state index in [2.05, 4.69) is 48.2 Å². The van der Waals surface area contributed by atoms with Gasteiger partial charge in [0.2, 0.25) is 0 Å². The zero-order chi connectivity index (χ0) is 19.3. The van der Waals surface area contributed by atoms with E-state index in [1.807, 2.05) is 94.1 Å². The van der Waals surface area contributed by atoms with Crippen LogP contribution < -0.4 is 0 Å². The fourth-order valence-electron chi connectivity index (χ4n) is 2.21. The summed E-state index contributed by atoms with van der Waals surface area (Å²) in [5, 5.41) is 4.39. The summed E-state index contributed by atoms with van der Waals surface area (Å²) in [6, 6.07) is 0. The van der Waals surface area contributed by atoms with Gasteiger partial charge in [-0.1, -0.05) is 121 Å². The Labute approximate surface area is 211 Å². The Balaban J connectivity index is 1.39. The van der Waals surface area contributed by atoms with Crippen LogP contribution in [0.5, 0.6) is 0 Å². The monoisotopic (exact) mass is 556 g/mol. The maximum absolute atomic E-state index is 2.28. The van der Waals surface area contributed by atoms with Crippen LogP contribution in [0.3, 0.4) is 0 Å². The van der Waals surface area contributed by atoms with E-state index in [1.165, 1.54) is 62.6 Å². The second-order valence-corrected chi connectivity index (χ2v) is 18.1. The smallest absolute Gasteiger partial charge is 0.0718 e. The molecule has 0 unspecified atom stereocenters. The molecule has 0 aromatic heterocycles. The SMILES string of the molecule is CCCCSC1=C(SCCCC)SC(=C2SC3=C(SC(=C4SC=CS4)S3)S2)S1. The first-order valence-electron chi connectivity index (χ1n) is 9.06. The molecule has 0 amide bonds. The van der Waals surface area contributed by atoms with E-state index in [-0.39, 0.29) is 0 Å². The molecule has 0 N–H and O–H groups in total. The molecule has 0 spiro atoms. The maximum Gasteiger partial charge on any atom is 0.0718 e. The van der Waals surface area contributed by atoms with Crippen LogP contribution in [0.2, 0.25) is 0 Å². The summed E-state index contributed by atoms with van der Waals surface area (Å²) in [6.45, 7) is 4.57. The first kappa shape index (κ1) is 23.4. The minimum Gasteiger partial charge on any atom is -0.117 e. The summed E-state index contributed by atoms with van der Waals surface area (Å²) in [6.07, 6.45) is 5.19. The van der Waals surface area contributed by atoms with Gasteiger partial charge >= 0.3 is 0 Å². The Morgan fingerprint density at radius 1 is 0.571 bits per heavy atom. The molecule has 0 bridgehead atoms. The summed E-state index contributed by atoms with van der Waals surface area (Å²) in [4.78, 5) is 0. The van der Waals surface area contributed by atoms with Crippen molar-refractivity contribution < 1.29 is 0 Å². The van der Waals surface area contributed by atoms with Gasteiger partial charge in [-0.15, -0.1) is 23.5 Å². The average molecular weight is 557 g/mol. The van der Waals surface area contributed by atoms with Crippen molar-refractivity contribution in [2.45, 2.75) is 39.5 Å². The highest BCUT2D eigenvalue weighted by molar-refractivity contribution is 8.50. The second kappa shape index (κ2) is 11.9. The highest BCUT2D eigenvalue weighted by Gasteiger charge is 2.35. The molecule has 4 aliphatic heterocycles. The zero-order valence-electron chi connectivity index (χ0n) is 15.5. The van der Waals surface area contributed by atoms with Crippen LogP contribution in [0.1, 0.15) is 39.5 Å². The molecule has 0 fully saturated rings. The van der Waals surface area contributed by atoms with E-state index < -0.39 is 0 Å². The molecule has 28 heavy (non-hydrogen) atoms. The molecule has 0 radical (unpaired) electrons. The molecule has 152 valence electrons. The van der Waals surface area contributed by atoms with E-state index in [1.54, 1.807) is 8.47 Å². The minimum atomic E-state index is 1.25. The van der Waals surface area contributed by atoms with E-state index in [9.17, 15) is 0 Å². The molecular formula is C18H20S10.